The molecule has 0 spiro atoms. The number of para-hydroxylation sites is 1. The minimum Gasteiger partial charge on any atom is -0.251 e. The minimum absolute atomic E-state index is 0.734. The molecule has 14 heavy (non-hydrogen) atoms. The van der Waals surface area contributed by atoms with Crippen molar-refractivity contribution in [2.75, 3.05) is 0 Å². The number of aromatic nitrogens is 1. The average molecular weight is 206 g/mol. The van der Waals surface area contributed by atoms with Crippen molar-refractivity contribution in [3.05, 3.63) is 40.5 Å². The largest absolute Gasteiger partial charge is 0.251 e. The van der Waals surface area contributed by atoms with Crippen LogP contribution in [0.15, 0.2) is 24.3 Å². The Morgan fingerprint density at radius 3 is 2.86 bits per heavy atom. The molecule has 0 N–H and O–H groups in total. The maximum atomic E-state index is 6.08. The van der Waals surface area contributed by atoms with E-state index in [0.717, 1.165) is 28.0 Å². The monoisotopic (exact) mass is 205 g/mol. The Morgan fingerprint density at radius 1 is 1.36 bits per heavy atom. The summed E-state index contributed by atoms with van der Waals surface area (Å²) in [5.74, 6) is 0. The summed E-state index contributed by atoms with van der Waals surface area (Å²) < 4.78 is 0. The van der Waals surface area contributed by atoms with Crippen LogP contribution in [0.2, 0.25) is 5.02 Å². The van der Waals surface area contributed by atoms with Gasteiger partial charge in [-0.25, -0.2) is 0 Å². The number of nitrogens with zero attached hydrogens (tertiary/aromatic N) is 1. The summed E-state index contributed by atoms with van der Waals surface area (Å²) in [6.45, 7) is 4.20. The zero-order valence-corrected chi connectivity index (χ0v) is 9.10. The van der Waals surface area contributed by atoms with Crippen LogP contribution in [0.3, 0.4) is 0 Å². The van der Waals surface area contributed by atoms with Crippen LogP contribution >= 0.6 is 11.6 Å². The average Bonchev–Trinajstić information content (AvgIpc) is 2.17. The molecule has 0 radical (unpaired) electrons. The Morgan fingerprint density at radius 2 is 2.14 bits per heavy atom. The molecule has 0 saturated heterocycles. The van der Waals surface area contributed by atoms with Crippen LogP contribution in [0.5, 0.6) is 0 Å². The zero-order chi connectivity index (χ0) is 10.1. The van der Waals surface area contributed by atoms with Crippen molar-refractivity contribution in [1.82, 2.24) is 4.98 Å². The van der Waals surface area contributed by atoms with Gasteiger partial charge in [-0.15, -0.1) is 0 Å². The number of aryl methyl sites for hydroxylation is 2. The van der Waals surface area contributed by atoms with Crippen LogP contribution in [0.25, 0.3) is 10.9 Å². The summed E-state index contributed by atoms with van der Waals surface area (Å²) >= 11 is 6.08. The van der Waals surface area contributed by atoms with Crippen LogP contribution in [0.4, 0.5) is 0 Å². The predicted molar refractivity (Wildman–Crippen MR) is 60.9 cm³/mol. The SMILES string of the molecule is CCc1nc2c(Cl)cccc2cc1C. The lowest BCUT2D eigenvalue weighted by Gasteiger charge is -2.05. The standard InChI is InChI=1S/C12H12ClN/c1-3-11-8(2)7-9-5-4-6-10(13)12(9)14-11/h4-7H,3H2,1-2H3. The third-order valence-corrected chi connectivity index (χ3v) is 2.73. The normalized spacial score (nSPS) is 10.8. The van der Waals surface area contributed by atoms with E-state index in [4.69, 9.17) is 11.6 Å². The number of hydrogen-bond donors (Lipinski definition) is 0. The highest BCUT2D eigenvalue weighted by atomic mass is 35.5. The predicted octanol–water partition coefficient (Wildman–Crippen LogP) is 3.76. The number of hydrogen-bond acceptors (Lipinski definition) is 1. The van der Waals surface area contributed by atoms with Crippen molar-refractivity contribution in [2.24, 2.45) is 0 Å². The van der Waals surface area contributed by atoms with Gasteiger partial charge in [0.15, 0.2) is 0 Å². The highest BCUT2D eigenvalue weighted by molar-refractivity contribution is 6.35. The van der Waals surface area contributed by atoms with Gasteiger partial charge in [-0.1, -0.05) is 30.7 Å². The molecule has 0 atom stereocenters. The Hall–Kier alpha value is -1.08. The van der Waals surface area contributed by atoms with Gasteiger partial charge in [0.05, 0.1) is 10.5 Å². The van der Waals surface area contributed by atoms with Gasteiger partial charge < -0.3 is 0 Å². The van der Waals surface area contributed by atoms with Gasteiger partial charge in [0.1, 0.15) is 0 Å². The highest BCUT2D eigenvalue weighted by Crippen LogP contribution is 2.23. The Balaban J connectivity index is 2.80. The molecule has 1 heterocycles. The molecule has 0 fully saturated rings. The van der Waals surface area contributed by atoms with Gasteiger partial charge in [-0.05, 0) is 31.0 Å². The van der Waals surface area contributed by atoms with E-state index >= 15 is 0 Å². The molecular formula is C12H12ClN. The summed E-state index contributed by atoms with van der Waals surface area (Å²) in [6, 6.07) is 8.02. The van der Waals surface area contributed by atoms with Gasteiger partial charge in [0.25, 0.3) is 0 Å². The fraction of sp³-hybridized carbons (Fsp3) is 0.250. The van der Waals surface area contributed by atoms with Crippen molar-refractivity contribution >= 4 is 22.5 Å². The molecule has 0 amide bonds. The third-order valence-electron chi connectivity index (χ3n) is 2.43. The summed E-state index contributed by atoms with van der Waals surface area (Å²) in [6.07, 6.45) is 0.951. The Bertz CT molecular complexity index is 477. The minimum atomic E-state index is 0.734. The van der Waals surface area contributed by atoms with Gasteiger partial charge in [0, 0.05) is 11.1 Å². The van der Waals surface area contributed by atoms with Crippen molar-refractivity contribution < 1.29 is 0 Å². The quantitative estimate of drug-likeness (QED) is 0.691. The summed E-state index contributed by atoms with van der Waals surface area (Å²) in [4.78, 5) is 4.56. The molecule has 2 heteroatoms. The zero-order valence-electron chi connectivity index (χ0n) is 8.34. The van der Waals surface area contributed by atoms with Crippen molar-refractivity contribution in [2.45, 2.75) is 20.3 Å². The number of halogens is 1. The Kier molecular flexibility index (Phi) is 2.42. The second-order valence-electron chi connectivity index (χ2n) is 3.42. The van der Waals surface area contributed by atoms with E-state index in [1.807, 2.05) is 18.2 Å². The maximum Gasteiger partial charge on any atom is 0.0891 e. The van der Waals surface area contributed by atoms with Crippen LogP contribution in [-0.4, -0.2) is 4.98 Å². The molecule has 0 unspecified atom stereocenters. The van der Waals surface area contributed by atoms with E-state index in [1.54, 1.807) is 0 Å². The molecule has 0 aliphatic rings. The number of benzene rings is 1. The molecule has 72 valence electrons. The van der Waals surface area contributed by atoms with E-state index in [9.17, 15) is 0 Å². The van der Waals surface area contributed by atoms with E-state index in [1.165, 1.54) is 5.56 Å². The third kappa shape index (κ3) is 1.48. The fourth-order valence-electron chi connectivity index (χ4n) is 1.66. The van der Waals surface area contributed by atoms with Gasteiger partial charge in [-0.2, -0.15) is 0 Å². The lowest BCUT2D eigenvalue weighted by atomic mass is 10.1. The smallest absolute Gasteiger partial charge is 0.0891 e. The maximum absolute atomic E-state index is 6.08. The van der Waals surface area contributed by atoms with Gasteiger partial charge in [-0.3, -0.25) is 4.98 Å². The molecule has 0 bridgehead atoms. The first-order chi connectivity index (χ1) is 6.72. The summed E-state index contributed by atoms with van der Waals surface area (Å²) in [5, 5.41) is 1.85. The second kappa shape index (κ2) is 3.58. The van der Waals surface area contributed by atoms with Crippen LogP contribution < -0.4 is 0 Å². The van der Waals surface area contributed by atoms with Crippen molar-refractivity contribution in [3.63, 3.8) is 0 Å². The molecule has 0 aliphatic heterocycles. The van der Waals surface area contributed by atoms with E-state index in [2.05, 4.69) is 24.9 Å². The van der Waals surface area contributed by atoms with Crippen LogP contribution in [0, 0.1) is 6.92 Å². The summed E-state index contributed by atoms with van der Waals surface area (Å²) in [5.41, 5.74) is 3.28. The first kappa shape index (κ1) is 9.47. The molecule has 1 aromatic carbocycles. The molecule has 1 nitrogen and oxygen atoms in total. The fourth-order valence-corrected chi connectivity index (χ4v) is 1.89. The number of fused-ring (bicyclic) bond motifs is 1. The first-order valence-corrected chi connectivity index (χ1v) is 5.15. The second-order valence-corrected chi connectivity index (χ2v) is 3.82. The van der Waals surface area contributed by atoms with E-state index < -0.39 is 0 Å². The molecule has 1 aromatic heterocycles. The lowest BCUT2D eigenvalue weighted by Crippen LogP contribution is -1.93. The first-order valence-electron chi connectivity index (χ1n) is 4.77. The lowest BCUT2D eigenvalue weighted by molar-refractivity contribution is 1.03. The van der Waals surface area contributed by atoms with Gasteiger partial charge in [0.2, 0.25) is 0 Å². The van der Waals surface area contributed by atoms with Crippen LogP contribution in [0.1, 0.15) is 18.2 Å². The number of pyridine rings is 1. The Labute approximate surface area is 88.7 Å². The molecular weight excluding hydrogens is 194 g/mol. The number of rotatable bonds is 1. The molecule has 0 saturated carbocycles. The van der Waals surface area contributed by atoms with E-state index in [-0.39, 0.29) is 0 Å². The van der Waals surface area contributed by atoms with Crippen LogP contribution in [-0.2, 0) is 6.42 Å². The molecule has 0 aliphatic carbocycles. The van der Waals surface area contributed by atoms with Crippen molar-refractivity contribution in [1.29, 1.82) is 0 Å². The highest BCUT2D eigenvalue weighted by Gasteiger charge is 2.03. The van der Waals surface area contributed by atoms with Gasteiger partial charge >= 0.3 is 0 Å². The summed E-state index contributed by atoms with van der Waals surface area (Å²) in [7, 11) is 0. The van der Waals surface area contributed by atoms with Crippen molar-refractivity contribution in [3.8, 4) is 0 Å². The van der Waals surface area contributed by atoms with E-state index in [0.29, 0.717) is 0 Å². The molecule has 2 rings (SSSR count). The topological polar surface area (TPSA) is 12.9 Å². The molecule has 2 aromatic rings.